The van der Waals surface area contributed by atoms with Gasteiger partial charge >= 0.3 is 0 Å². The van der Waals surface area contributed by atoms with Gasteiger partial charge in [-0.15, -0.1) is 0 Å². The molecule has 1 fully saturated rings. The molecule has 1 atom stereocenters. The minimum atomic E-state index is -0.305. The predicted octanol–water partition coefficient (Wildman–Crippen LogP) is 2.11. The zero-order valence-corrected chi connectivity index (χ0v) is 7.26. The highest BCUT2D eigenvalue weighted by molar-refractivity contribution is 4.98. The van der Waals surface area contributed by atoms with Gasteiger partial charge in [0.15, 0.2) is 0 Å². The summed E-state index contributed by atoms with van der Waals surface area (Å²) < 4.78 is 5.51. The van der Waals surface area contributed by atoms with Crippen molar-refractivity contribution < 1.29 is 4.74 Å². The second-order valence-corrected chi connectivity index (χ2v) is 3.69. The molecule has 0 unspecified atom stereocenters. The second-order valence-electron chi connectivity index (χ2n) is 3.69. The third-order valence-corrected chi connectivity index (χ3v) is 2.27. The minimum Gasteiger partial charge on any atom is -0.377 e. The Hall–Kier alpha value is -0.550. The van der Waals surface area contributed by atoms with Crippen LogP contribution in [-0.2, 0) is 4.74 Å². The molecular weight excluding hydrogens is 138 g/mol. The van der Waals surface area contributed by atoms with Crippen molar-refractivity contribution in [1.82, 2.24) is 0 Å². The molecule has 0 aliphatic carbocycles. The van der Waals surface area contributed by atoms with E-state index in [2.05, 4.69) is 6.07 Å². The van der Waals surface area contributed by atoms with E-state index in [1.807, 2.05) is 13.8 Å². The van der Waals surface area contributed by atoms with Crippen LogP contribution in [0.5, 0.6) is 0 Å². The monoisotopic (exact) mass is 153 g/mol. The normalized spacial score (nSPS) is 26.1. The molecule has 1 heterocycles. The Morgan fingerprint density at radius 3 is 2.64 bits per heavy atom. The van der Waals surface area contributed by atoms with Gasteiger partial charge in [-0.3, -0.25) is 0 Å². The maximum Gasteiger partial charge on any atom is 0.0779 e. The van der Waals surface area contributed by atoms with Crippen LogP contribution in [0.3, 0.4) is 0 Å². The first-order valence-corrected chi connectivity index (χ1v) is 4.19. The van der Waals surface area contributed by atoms with Gasteiger partial charge in [0.2, 0.25) is 0 Å². The van der Waals surface area contributed by atoms with Crippen LogP contribution in [0.25, 0.3) is 0 Å². The first-order chi connectivity index (χ1) is 5.17. The second kappa shape index (κ2) is 3.23. The Labute approximate surface area is 68.2 Å². The van der Waals surface area contributed by atoms with E-state index in [1.165, 1.54) is 6.42 Å². The highest BCUT2D eigenvalue weighted by Gasteiger charge is 2.31. The van der Waals surface area contributed by atoms with Crippen LogP contribution in [0.15, 0.2) is 0 Å². The van der Waals surface area contributed by atoms with Gasteiger partial charge in [0.05, 0.1) is 17.6 Å². The van der Waals surface area contributed by atoms with Crippen LogP contribution in [0, 0.1) is 16.7 Å². The van der Waals surface area contributed by atoms with Crippen molar-refractivity contribution in [3.05, 3.63) is 0 Å². The molecule has 62 valence electrons. The zero-order chi connectivity index (χ0) is 8.32. The average Bonchev–Trinajstić information content (AvgIpc) is 2.06. The largest absolute Gasteiger partial charge is 0.377 e. The fourth-order valence-electron chi connectivity index (χ4n) is 1.38. The van der Waals surface area contributed by atoms with Gasteiger partial charge in [-0.25, -0.2) is 0 Å². The summed E-state index contributed by atoms with van der Waals surface area (Å²) in [7, 11) is 0. The molecule has 1 aliphatic heterocycles. The van der Waals surface area contributed by atoms with Crippen LogP contribution in [0.1, 0.15) is 33.1 Å². The Bertz CT molecular complexity index is 163. The quantitative estimate of drug-likeness (QED) is 0.578. The van der Waals surface area contributed by atoms with Crippen molar-refractivity contribution in [2.24, 2.45) is 5.41 Å². The lowest BCUT2D eigenvalue weighted by molar-refractivity contribution is -0.0340. The van der Waals surface area contributed by atoms with Crippen molar-refractivity contribution in [1.29, 1.82) is 5.26 Å². The fourth-order valence-corrected chi connectivity index (χ4v) is 1.38. The number of hydrogen-bond donors (Lipinski definition) is 0. The van der Waals surface area contributed by atoms with Gasteiger partial charge < -0.3 is 4.74 Å². The van der Waals surface area contributed by atoms with E-state index < -0.39 is 0 Å². The number of nitriles is 1. The first-order valence-electron chi connectivity index (χ1n) is 4.19. The summed E-state index contributed by atoms with van der Waals surface area (Å²) in [5.74, 6) is 0. The van der Waals surface area contributed by atoms with Gasteiger partial charge in [-0.1, -0.05) is 0 Å². The molecule has 0 amide bonds. The molecule has 1 aliphatic rings. The third kappa shape index (κ3) is 1.94. The summed E-state index contributed by atoms with van der Waals surface area (Å²) in [6.07, 6.45) is 3.55. The average molecular weight is 153 g/mol. The van der Waals surface area contributed by atoms with Crippen molar-refractivity contribution >= 4 is 0 Å². The Balaban J connectivity index is 2.52. The number of ether oxygens (including phenoxy) is 1. The molecule has 2 nitrogen and oxygen atoms in total. The molecule has 0 radical (unpaired) electrons. The molecule has 0 bridgehead atoms. The van der Waals surface area contributed by atoms with Crippen LogP contribution >= 0.6 is 0 Å². The van der Waals surface area contributed by atoms with Gasteiger partial charge in [0, 0.05) is 6.61 Å². The smallest absolute Gasteiger partial charge is 0.0779 e. The molecular formula is C9H15NO. The Kier molecular flexibility index (Phi) is 2.51. The molecule has 0 spiro atoms. The summed E-state index contributed by atoms with van der Waals surface area (Å²) in [6.45, 7) is 4.72. The lowest BCUT2D eigenvalue weighted by Gasteiger charge is -2.31. The molecule has 0 aromatic rings. The third-order valence-electron chi connectivity index (χ3n) is 2.27. The van der Waals surface area contributed by atoms with E-state index in [4.69, 9.17) is 10.00 Å². The predicted molar refractivity (Wildman–Crippen MR) is 43.0 cm³/mol. The number of hydrogen-bond acceptors (Lipinski definition) is 2. The van der Waals surface area contributed by atoms with E-state index in [9.17, 15) is 0 Å². The van der Waals surface area contributed by atoms with Crippen molar-refractivity contribution in [3.8, 4) is 6.07 Å². The Morgan fingerprint density at radius 2 is 2.18 bits per heavy atom. The first kappa shape index (κ1) is 8.55. The van der Waals surface area contributed by atoms with Gasteiger partial charge in [-0.2, -0.15) is 5.26 Å². The standard InChI is InChI=1S/C9H15NO/c1-9(2,7-10)8-5-3-4-6-11-8/h8H,3-6H2,1-2H3/t8-/m1/s1. The van der Waals surface area contributed by atoms with Crippen LogP contribution < -0.4 is 0 Å². The van der Waals surface area contributed by atoms with Gasteiger partial charge in [0.1, 0.15) is 0 Å². The van der Waals surface area contributed by atoms with E-state index in [1.54, 1.807) is 0 Å². The summed E-state index contributed by atoms with van der Waals surface area (Å²) in [5, 5.41) is 8.82. The van der Waals surface area contributed by atoms with Gasteiger partial charge in [0.25, 0.3) is 0 Å². The molecule has 2 heteroatoms. The van der Waals surface area contributed by atoms with Crippen LogP contribution in [0.4, 0.5) is 0 Å². The highest BCUT2D eigenvalue weighted by Crippen LogP contribution is 2.29. The summed E-state index contributed by atoms with van der Waals surface area (Å²) >= 11 is 0. The van der Waals surface area contributed by atoms with Crippen molar-refractivity contribution in [3.63, 3.8) is 0 Å². The maximum absolute atomic E-state index is 8.82. The molecule has 0 aromatic carbocycles. The van der Waals surface area contributed by atoms with E-state index in [0.717, 1.165) is 19.4 Å². The topological polar surface area (TPSA) is 33.0 Å². The highest BCUT2D eigenvalue weighted by atomic mass is 16.5. The SMILES string of the molecule is CC(C)(C#N)[C@H]1CCCCO1. The van der Waals surface area contributed by atoms with E-state index >= 15 is 0 Å². The van der Waals surface area contributed by atoms with Crippen molar-refractivity contribution in [2.75, 3.05) is 6.61 Å². The molecule has 11 heavy (non-hydrogen) atoms. The number of rotatable bonds is 1. The zero-order valence-electron chi connectivity index (χ0n) is 7.26. The molecule has 0 saturated carbocycles. The summed E-state index contributed by atoms with van der Waals surface area (Å²) in [5.41, 5.74) is -0.305. The lowest BCUT2D eigenvalue weighted by Crippen LogP contribution is -2.33. The van der Waals surface area contributed by atoms with E-state index in [0.29, 0.717) is 0 Å². The van der Waals surface area contributed by atoms with Crippen molar-refractivity contribution in [2.45, 2.75) is 39.2 Å². The minimum absolute atomic E-state index is 0.154. The van der Waals surface area contributed by atoms with Crippen LogP contribution in [-0.4, -0.2) is 12.7 Å². The molecule has 0 N–H and O–H groups in total. The van der Waals surface area contributed by atoms with Crippen LogP contribution in [0.2, 0.25) is 0 Å². The maximum atomic E-state index is 8.82. The van der Waals surface area contributed by atoms with Gasteiger partial charge in [-0.05, 0) is 33.1 Å². The number of nitrogens with zero attached hydrogens (tertiary/aromatic N) is 1. The molecule has 1 saturated heterocycles. The summed E-state index contributed by atoms with van der Waals surface area (Å²) in [4.78, 5) is 0. The lowest BCUT2D eigenvalue weighted by atomic mass is 9.84. The summed E-state index contributed by atoms with van der Waals surface area (Å²) in [6, 6.07) is 2.29. The molecule has 1 rings (SSSR count). The van der Waals surface area contributed by atoms with E-state index in [-0.39, 0.29) is 11.5 Å². The Morgan fingerprint density at radius 1 is 1.45 bits per heavy atom. The molecule has 0 aromatic heterocycles. The fraction of sp³-hybridized carbons (Fsp3) is 0.889.